The Bertz CT molecular complexity index is 704. The Morgan fingerprint density at radius 2 is 1.82 bits per heavy atom. The Kier molecular flexibility index (Phi) is 2.22. The summed E-state index contributed by atoms with van der Waals surface area (Å²) in [5.74, 6) is 0.844. The summed E-state index contributed by atoms with van der Waals surface area (Å²) in [4.78, 5) is 4.48. The lowest BCUT2D eigenvalue weighted by atomic mass is 10.0. The van der Waals surface area contributed by atoms with Crippen LogP contribution in [-0.2, 0) is 0 Å². The van der Waals surface area contributed by atoms with E-state index < -0.39 is 0 Å². The molecule has 0 saturated heterocycles. The Labute approximate surface area is 99.9 Å². The molecular formula is C15H13NO. The molecule has 1 aromatic heterocycles. The second-order valence-corrected chi connectivity index (χ2v) is 4.23. The van der Waals surface area contributed by atoms with E-state index in [-0.39, 0.29) is 0 Å². The van der Waals surface area contributed by atoms with Crippen LogP contribution in [0.5, 0.6) is 5.75 Å². The lowest BCUT2D eigenvalue weighted by molar-refractivity contribution is 0.415. The summed E-state index contributed by atoms with van der Waals surface area (Å²) in [6.45, 7) is 2.09. The lowest BCUT2D eigenvalue weighted by Crippen LogP contribution is -1.86. The standard InChI is InChI=1S/C15H13NO/c1-10-3-5-13-11(7-10)9-16-15-8-12(17-2)4-6-14(13)15/h3-9H,1-2H3. The number of pyridine rings is 1. The van der Waals surface area contributed by atoms with Crippen molar-refractivity contribution >= 4 is 21.7 Å². The zero-order chi connectivity index (χ0) is 11.8. The van der Waals surface area contributed by atoms with Gasteiger partial charge in [0.1, 0.15) is 5.75 Å². The summed E-state index contributed by atoms with van der Waals surface area (Å²) in [5.41, 5.74) is 2.23. The molecule has 2 nitrogen and oxygen atoms in total. The van der Waals surface area contributed by atoms with Gasteiger partial charge in [0.15, 0.2) is 0 Å². The van der Waals surface area contributed by atoms with Crippen molar-refractivity contribution in [3.63, 3.8) is 0 Å². The number of hydrogen-bond donors (Lipinski definition) is 0. The van der Waals surface area contributed by atoms with Crippen molar-refractivity contribution in [2.45, 2.75) is 6.92 Å². The van der Waals surface area contributed by atoms with Crippen LogP contribution in [0.15, 0.2) is 42.6 Å². The molecule has 0 atom stereocenters. The van der Waals surface area contributed by atoms with Gasteiger partial charge in [-0.1, -0.05) is 17.7 Å². The van der Waals surface area contributed by atoms with Crippen LogP contribution in [0.25, 0.3) is 21.7 Å². The minimum Gasteiger partial charge on any atom is -0.497 e. The summed E-state index contributed by atoms with van der Waals surface area (Å²) in [7, 11) is 1.67. The smallest absolute Gasteiger partial charge is 0.121 e. The Morgan fingerprint density at radius 3 is 2.65 bits per heavy atom. The summed E-state index contributed by atoms with van der Waals surface area (Å²) >= 11 is 0. The number of nitrogens with zero attached hydrogens (tertiary/aromatic N) is 1. The molecule has 84 valence electrons. The van der Waals surface area contributed by atoms with Gasteiger partial charge in [-0.25, -0.2) is 0 Å². The van der Waals surface area contributed by atoms with Crippen molar-refractivity contribution in [2.75, 3.05) is 7.11 Å². The summed E-state index contributed by atoms with van der Waals surface area (Å²) in [5, 5.41) is 3.59. The molecular weight excluding hydrogens is 210 g/mol. The first kappa shape index (κ1) is 10.1. The first-order valence-electron chi connectivity index (χ1n) is 5.61. The maximum absolute atomic E-state index is 5.21. The van der Waals surface area contributed by atoms with Gasteiger partial charge in [0.2, 0.25) is 0 Å². The fourth-order valence-electron chi connectivity index (χ4n) is 2.15. The average Bonchev–Trinajstić information content (AvgIpc) is 2.37. The zero-order valence-corrected chi connectivity index (χ0v) is 9.90. The molecule has 2 heteroatoms. The van der Waals surface area contributed by atoms with Crippen LogP contribution in [0, 0.1) is 6.92 Å². The second-order valence-electron chi connectivity index (χ2n) is 4.23. The molecule has 0 N–H and O–H groups in total. The van der Waals surface area contributed by atoms with E-state index in [0.29, 0.717) is 0 Å². The van der Waals surface area contributed by atoms with E-state index in [9.17, 15) is 0 Å². The molecule has 1 heterocycles. The molecule has 0 spiro atoms. The topological polar surface area (TPSA) is 22.1 Å². The third-order valence-corrected chi connectivity index (χ3v) is 3.04. The van der Waals surface area contributed by atoms with Crippen LogP contribution < -0.4 is 4.74 Å². The van der Waals surface area contributed by atoms with Crippen LogP contribution in [0.1, 0.15) is 5.56 Å². The molecule has 0 radical (unpaired) electrons. The number of aryl methyl sites for hydroxylation is 1. The van der Waals surface area contributed by atoms with E-state index in [1.54, 1.807) is 7.11 Å². The molecule has 0 saturated carbocycles. The monoisotopic (exact) mass is 223 g/mol. The van der Waals surface area contributed by atoms with Crippen LogP contribution >= 0.6 is 0 Å². The van der Waals surface area contributed by atoms with Gasteiger partial charge < -0.3 is 4.74 Å². The molecule has 17 heavy (non-hydrogen) atoms. The Morgan fingerprint density at radius 1 is 1.00 bits per heavy atom. The number of rotatable bonds is 1. The Hall–Kier alpha value is -2.09. The molecule has 0 aliphatic heterocycles. The normalized spacial score (nSPS) is 10.9. The Balaban J connectivity index is 2.40. The summed E-state index contributed by atoms with van der Waals surface area (Å²) < 4.78 is 5.21. The van der Waals surface area contributed by atoms with Gasteiger partial charge in [-0.2, -0.15) is 0 Å². The first-order chi connectivity index (χ1) is 8.28. The van der Waals surface area contributed by atoms with Crippen LogP contribution in [0.4, 0.5) is 0 Å². The van der Waals surface area contributed by atoms with Crippen molar-refractivity contribution in [1.82, 2.24) is 4.98 Å². The minimum absolute atomic E-state index is 0.844. The highest BCUT2D eigenvalue weighted by Gasteiger charge is 2.03. The zero-order valence-electron chi connectivity index (χ0n) is 9.90. The predicted octanol–water partition coefficient (Wildman–Crippen LogP) is 3.71. The van der Waals surface area contributed by atoms with Crippen LogP contribution in [0.3, 0.4) is 0 Å². The van der Waals surface area contributed by atoms with Crippen LogP contribution in [-0.4, -0.2) is 12.1 Å². The highest BCUT2D eigenvalue weighted by Crippen LogP contribution is 2.26. The molecule has 3 aromatic rings. The maximum Gasteiger partial charge on any atom is 0.121 e. The SMILES string of the molecule is COc1ccc2c(c1)ncc1cc(C)ccc12. The van der Waals surface area contributed by atoms with E-state index in [4.69, 9.17) is 4.74 Å². The van der Waals surface area contributed by atoms with Gasteiger partial charge in [0.25, 0.3) is 0 Å². The van der Waals surface area contributed by atoms with Crippen molar-refractivity contribution in [3.05, 3.63) is 48.2 Å². The molecule has 2 aromatic carbocycles. The fraction of sp³-hybridized carbons (Fsp3) is 0.133. The van der Waals surface area contributed by atoms with E-state index in [1.807, 2.05) is 18.3 Å². The number of hydrogen-bond acceptors (Lipinski definition) is 2. The van der Waals surface area contributed by atoms with Crippen molar-refractivity contribution in [1.29, 1.82) is 0 Å². The number of ether oxygens (including phenoxy) is 1. The molecule has 3 rings (SSSR count). The predicted molar refractivity (Wildman–Crippen MR) is 70.5 cm³/mol. The summed E-state index contributed by atoms with van der Waals surface area (Å²) in [6.07, 6.45) is 1.92. The molecule has 0 aliphatic rings. The molecule has 0 aliphatic carbocycles. The van der Waals surface area contributed by atoms with E-state index in [2.05, 4.69) is 36.2 Å². The van der Waals surface area contributed by atoms with Crippen molar-refractivity contribution in [3.8, 4) is 5.75 Å². The maximum atomic E-state index is 5.21. The highest BCUT2D eigenvalue weighted by atomic mass is 16.5. The van der Waals surface area contributed by atoms with E-state index in [1.165, 1.54) is 21.7 Å². The van der Waals surface area contributed by atoms with Gasteiger partial charge in [0, 0.05) is 23.0 Å². The minimum atomic E-state index is 0.844. The quantitative estimate of drug-likeness (QED) is 0.587. The van der Waals surface area contributed by atoms with Gasteiger partial charge in [-0.05, 0) is 30.5 Å². The largest absolute Gasteiger partial charge is 0.497 e. The van der Waals surface area contributed by atoms with E-state index >= 15 is 0 Å². The molecule has 0 unspecified atom stereocenters. The van der Waals surface area contributed by atoms with Gasteiger partial charge in [-0.15, -0.1) is 0 Å². The third-order valence-electron chi connectivity index (χ3n) is 3.04. The molecule has 0 amide bonds. The number of fused-ring (bicyclic) bond motifs is 3. The first-order valence-corrected chi connectivity index (χ1v) is 5.61. The highest BCUT2D eigenvalue weighted by molar-refractivity contribution is 6.05. The van der Waals surface area contributed by atoms with Crippen molar-refractivity contribution in [2.24, 2.45) is 0 Å². The third kappa shape index (κ3) is 1.62. The number of methoxy groups -OCH3 is 1. The second kappa shape index (κ2) is 3.74. The van der Waals surface area contributed by atoms with Crippen LogP contribution in [0.2, 0.25) is 0 Å². The van der Waals surface area contributed by atoms with Crippen molar-refractivity contribution < 1.29 is 4.74 Å². The van der Waals surface area contributed by atoms with Gasteiger partial charge in [-0.3, -0.25) is 4.98 Å². The van der Waals surface area contributed by atoms with E-state index in [0.717, 1.165) is 11.3 Å². The van der Waals surface area contributed by atoms with Gasteiger partial charge in [0.05, 0.1) is 12.6 Å². The molecule has 0 fully saturated rings. The number of benzene rings is 2. The fourth-order valence-corrected chi connectivity index (χ4v) is 2.15. The number of aromatic nitrogens is 1. The summed E-state index contributed by atoms with van der Waals surface area (Å²) in [6, 6.07) is 12.5. The average molecular weight is 223 g/mol. The lowest BCUT2D eigenvalue weighted by Gasteiger charge is -2.06. The molecule has 0 bridgehead atoms. The van der Waals surface area contributed by atoms with Gasteiger partial charge >= 0.3 is 0 Å².